The van der Waals surface area contributed by atoms with Crippen molar-refractivity contribution in [3.63, 3.8) is 0 Å². The van der Waals surface area contributed by atoms with E-state index >= 15 is 0 Å². The van der Waals surface area contributed by atoms with Crippen molar-refractivity contribution in [1.82, 2.24) is 9.78 Å². The van der Waals surface area contributed by atoms with Crippen molar-refractivity contribution in [3.05, 3.63) is 45.2 Å². The van der Waals surface area contributed by atoms with E-state index in [1.165, 1.54) is 5.56 Å². The SMILES string of the molecule is Cc1nn(C)c(C)c1C(C)Nc1ccc(Cl)cc1Cl. The van der Waals surface area contributed by atoms with E-state index in [0.29, 0.717) is 10.0 Å². The van der Waals surface area contributed by atoms with Gasteiger partial charge in [0.2, 0.25) is 0 Å². The molecule has 2 aromatic rings. The second-order valence-electron chi connectivity index (χ2n) is 4.70. The topological polar surface area (TPSA) is 29.9 Å². The van der Waals surface area contributed by atoms with Crippen LogP contribution >= 0.6 is 23.2 Å². The fourth-order valence-electron chi connectivity index (χ4n) is 2.33. The van der Waals surface area contributed by atoms with Gasteiger partial charge in [0.15, 0.2) is 0 Å². The fraction of sp³-hybridized carbons (Fsp3) is 0.357. The summed E-state index contributed by atoms with van der Waals surface area (Å²) >= 11 is 12.1. The van der Waals surface area contributed by atoms with E-state index in [1.54, 1.807) is 6.07 Å². The molecule has 0 saturated heterocycles. The summed E-state index contributed by atoms with van der Waals surface area (Å²) in [6.07, 6.45) is 0. The first-order valence-electron chi connectivity index (χ1n) is 6.12. The molecule has 1 atom stereocenters. The molecule has 0 bridgehead atoms. The van der Waals surface area contributed by atoms with Gasteiger partial charge in [0.25, 0.3) is 0 Å². The zero-order valence-electron chi connectivity index (χ0n) is 11.5. The Bertz CT molecular complexity index is 605. The van der Waals surface area contributed by atoms with Gasteiger partial charge in [0, 0.05) is 23.3 Å². The molecule has 5 heteroatoms. The molecule has 1 heterocycles. The predicted molar refractivity (Wildman–Crippen MR) is 81.2 cm³/mol. The molecule has 0 aliphatic carbocycles. The van der Waals surface area contributed by atoms with Crippen LogP contribution in [0.2, 0.25) is 10.0 Å². The van der Waals surface area contributed by atoms with Gasteiger partial charge in [0.1, 0.15) is 0 Å². The first-order chi connectivity index (χ1) is 8.90. The summed E-state index contributed by atoms with van der Waals surface area (Å²) in [5.41, 5.74) is 4.27. The highest BCUT2D eigenvalue weighted by Crippen LogP contribution is 2.30. The summed E-state index contributed by atoms with van der Waals surface area (Å²) < 4.78 is 1.90. The van der Waals surface area contributed by atoms with Crippen LogP contribution in [-0.2, 0) is 7.05 Å². The molecule has 1 aromatic carbocycles. The Morgan fingerprint density at radius 1 is 1.26 bits per heavy atom. The molecule has 1 aromatic heterocycles. The number of aromatic nitrogens is 2. The molecular weight excluding hydrogens is 281 g/mol. The summed E-state index contributed by atoms with van der Waals surface area (Å²) in [6.45, 7) is 6.18. The van der Waals surface area contributed by atoms with Crippen molar-refractivity contribution in [1.29, 1.82) is 0 Å². The molecule has 0 amide bonds. The minimum Gasteiger partial charge on any atom is -0.377 e. The highest BCUT2D eigenvalue weighted by molar-refractivity contribution is 6.36. The number of halogens is 2. The van der Waals surface area contributed by atoms with Gasteiger partial charge in [-0.05, 0) is 39.0 Å². The maximum absolute atomic E-state index is 6.18. The number of nitrogens with zero attached hydrogens (tertiary/aromatic N) is 2. The lowest BCUT2D eigenvalue weighted by Gasteiger charge is -2.17. The minimum absolute atomic E-state index is 0.132. The maximum atomic E-state index is 6.18. The van der Waals surface area contributed by atoms with Crippen molar-refractivity contribution in [2.24, 2.45) is 7.05 Å². The van der Waals surface area contributed by atoms with Crippen molar-refractivity contribution < 1.29 is 0 Å². The van der Waals surface area contributed by atoms with Crippen molar-refractivity contribution in [3.8, 4) is 0 Å². The Morgan fingerprint density at radius 2 is 1.95 bits per heavy atom. The summed E-state index contributed by atoms with van der Waals surface area (Å²) in [5.74, 6) is 0. The van der Waals surface area contributed by atoms with Gasteiger partial charge < -0.3 is 5.32 Å². The zero-order valence-corrected chi connectivity index (χ0v) is 13.0. The van der Waals surface area contributed by atoms with E-state index in [1.807, 2.05) is 30.8 Å². The van der Waals surface area contributed by atoms with Gasteiger partial charge in [-0.3, -0.25) is 4.68 Å². The van der Waals surface area contributed by atoms with E-state index in [-0.39, 0.29) is 6.04 Å². The molecule has 102 valence electrons. The zero-order chi connectivity index (χ0) is 14.2. The molecule has 0 fully saturated rings. The maximum Gasteiger partial charge on any atom is 0.0652 e. The smallest absolute Gasteiger partial charge is 0.0652 e. The van der Waals surface area contributed by atoms with E-state index in [9.17, 15) is 0 Å². The van der Waals surface area contributed by atoms with Gasteiger partial charge in [-0.25, -0.2) is 0 Å². The number of anilines is 1. The van der Waals surface area contributed by atoms with Crippen molar-refractivity contribution in [2.75, 3.05) is 5.32 Å². The lowest BCUT2D eigenvalue weighted by atomic mass is 10.1. The van der Waals surface area contributed by atoms with Gasteiger partial charge in [-0.2, -0.15) is 5.10 Å². The van der Waals surface area contributed by atoms with Crippen LogP contribution < -0.4 is 5.32 Å². The molecule has 0 aliphatic rings. The third-order valence-corrected chi connectivity index (χ3v) is 3.85. The van der Waals surface area contributed by atoms with E-state index < -0.39 is 0 Å². The normalized spacial score (nSPS) is 12.5. The molecule has 1 unspecified atom stereocenters. The number of nitrogens with one attached hydrogen (secondary N) is 1. The molecule has 1 N–H and O–H groups in total. The Hall–Kier alpha value is -1.19. The predicted octanol–water partition coefficient (Wildman–Crippen LogP) is 4.52. The summed E-state index contributed by atoms with van der Waals surface area (Å²) in [5, 5.41) is 9.10. The van der Waals surface area contributed by atoms with Crippen LogP contribution in [0.15, 0.2) is 18.2 Å². The average molecular weight is 298 g/mol. The molecular formula is C14H17Cl2N3. The number of aryl methyl sites for hydroxylation is 2. The summed E-state index contributed by atoms with van der Waals surface area (Å²) in [7, 11) is 1.95. The Balaban J connectivity index is 2.28. The van der Waals surface area contributed by atoms with Crippen LogP contribution in [0.1, 0.15) is 29.9 Å². The molecule has 2 rings (SSSR count). The third kappa shape index (κ3) is 2.88. The van der Waals surface area contributed by atoms with Gasteiger partial charge in [0.05, 0.1) is 22.4 Å². The first-order valence-corrected chi connectivity index (χ1v) is 6.87. The largest absolute Gasteiger partial charge is 0.377 e. The van der Waals surface area contributed by atoms with Crippen molar-refractivity contribution in [2.45, 2.75) is 26.8 Å². The number of rotatable bonds is 3. The standard InChI is InChI=1S/C14H17Cl2N3/c1-8(14-9(2)18-19(4)10(14)3)17-13-6-5-11(15)7-12(13)16/h5-8,17H,1-4H3. The lowest BCUT2D eigenvalue weighted by Crippen LogP contribution is -2.09. The lowest BCUT2D eigenvalue weighted by molar-refractivity contribution is 0.728. The van der Waals surface area contributed by atoms with E-state index in [0.717, 1.165) is 17.1 Å². The van der Waals surface area contributed by atoms with Gasteiger partial charge in [-0.1, -0.05) is 23.2 Å². The van der Waals surface area contributed by atoms with Crippen molar-refractivity contribution >= 4 is 28.9 Å². The molecule has 19 heavy (non-hydrogen) atoms. The minimum atomic E-state index is 0.132. The monoisotopic (exact) mass is 297 g/mol. The van der Waals surface area contributed by atoms with E-state index in [2.05, 4.69) is 24.3 Å². The van der Waals surface area contributed by atoms with Crippen LogP contribution in [-0.4, -0.2) is 9.78 Å². The van der Waals surface area contributed by atoms with Crippen LogP contribution in [0.5, 0.6) is 0 Å². The van der Waals surface area contributed by atoms with Gasteiger partial charge >= 0.3 is 0 Å². The Morgan fingerprint density at radius 3 is 2.47 bits per heavy atom. The quantitative estimate of drug-likeness (QED) is 0.903. The molecule has 0 aliphatic heterocycles. The third-order valence-electron chi connectivity index (χ3n) is 3.30. The fourth-order valence-corrected chi connectivity index (χ4v) is 2.79. The van der Waals surface area contributed by atoms with Crippen LogP contribution in [0.4, 0.5) is 5.69 Å². The summed E-state index contributed by atoms with van der Waals surface area (Å²) in [6, 6.07) is 5.58. The van der Waals surface area contributed by atoms with Gasteiger partial charge in [-0.15, -0.1) is 0 Å². The van der Waals surface area contributed by atoms with Crippen LogP contribution in [0, 0.1) is 13.8 Å². The van der Waals surface area contributed by atoms with Crippen LogP contribution in [0.3, 0.4) is 0 Å². The Kier molecular flexibility index (Phi) is 4.07. The second-order valence-corrected chi connectivity index (χ2v) is 5.54. The Labute approximate surface area is 123 Å². The summed E-state index contributed by atoms with van der Waals surface area (Å²) in [4.78, 5) is 0. The highest BCUT2D eigenvalue weighted by atomic mass is 35.5. The number of hydrogen-bond acceptors (Lipinski definition) is 2. The molecule has 0 spiro atoms. The molecule has 3 nitrogen and oxygen atoms in total. The average Bonchev–Trinajstić information content (AvgIpc) is 2.57. The number of benzene rings is 1. The molecule has 0 radical (unpaired) electrons. The van der Waals surface area contributed by atoms with Crippen LogP contribution in [0.25, 0.3) is 0 Å². The second kappa shape index (κ2) is 5.43. The van der Waals surface area contributed by atoms with E-state index in [4.69, 9.17) is 23.2 Å². The highest BCUT2D eigenvalue weighted by Gasteiger charge is 2.16. The number of hydrogen-bond donors (Lipinski definition) is 1. The first kappa shape index (κ1) is 14.2. The molecule has 0 saturated carbocycles.